The maximum atomic E-state index is 12.4. The number of hydrogen-bond donors (Lipinski definition) is 0. The van der Waals surface area contributed by atoms with Crippen LogP contribution < -0.4 is 0 Å². The lowest BCUT2D eigenvalue weighted by Gasteiger charge is -2.34. The van der Waals surface area contributed by atoms with Gasteiger partial charge in [0.25, 0.3) is 0 Å². The van der Waals surface area contributed by atoms with Crippen LogP contribution in [-0.2, 0) is 4.74 Å². The molecule has 114 valence electrons. The molecule has 1 amide bonds. The summed E-state index contributed by atoms with van der Waals surface area (Å²) in [5.74, 6) is 0.652. The molecule has 0 spiro atoms. The zero-order valence-electron chi connectivity index (χ0n) is 13.4. The van der Waals surface area contributed by atoms with Gasteiger partial charge in [-0.15, -0.1) is 18.3 Å². The van der Waals surface area contributed by atoms with Crippen LogP contribution in [0, 0.1) is 0 Å². The number of amides is 1. The van der Waals surface area contributed by atoms with E-state index in [4.69, 9.17) is 4.74 Å². The van der Waals surface area contributed by atoms with Crippen molar-refractivity contribution in [2.45, 2.75) is 63.9 Å². The molecular weight excluding hydrogens is 270 g/mol. The van der Waals surface area contributed by atoms with E-state index in [0.717, 1.165) is 18.4 Å². The minimum atomic E-state index is -0.471. The quantitative estimate of drug-likeness (QED) is 0.710. The number of hydrogen-bond acceptors (Lipinski definition) is 3. The molecule has 1 aliphatic rings. The molecule has 0 aromatic rings. The van der Waals surface area contributed by atoms with Gasteiger partial charge in [-0.1, -0.05) is 18.2 Å². The molecule has 0 aliphatic carbocycles. The van der Waals surface area contributed by atoms with Crippen molar-refractivity contribution in [1.82, 2.24) is 4.90 Å². The van der Waals surface area contributed by atoms with E-state index in [-0.39, 0.29) is 16.9 Å². The molecule has 0 saturated carbocycles. The van der Waals surface area contributed by atoms with Crippen LogP contribution >= 0.6 is 11.8 Å². The van der Waals surface area contributed by atoms with Gasteiger partial charge in [0.1, 0.15) is 5.60 Å². The third-order valence-corrected chi connectivity index (χ3v) is 4.60. The van der Waals surface area contributed by atoms with Crippen molar-refractivity contribution in [3.63, 3.8) is 0 Å². The van der Waals surface area contributed by atoms with Crippen LogP contribution in [0.1, 0.15) is 47.5 Å². The highest BCUT2D eigenvalue weighted by molar-refractivity contribution is 8.00. The summed E-state index contributed by atoms with van der Waals surface area (Å²) in [7, 11) is 0. The number of nitrogens with zero attached hydrogens (tertiary/aromatic N) is 1. The fourth-order valence-electron chi connectivity index (χ4n) is 2.38. The number of carbonyl (C=O) groups is 1. The van der Waals surface area contributed by atoms with Crippen molar-refractivity contribution in [3.8, 4) is 0 Å². The summed E-state index contributed by atoms with van der Waals surface area (Å²) in [6, 6.07) is 0.0160. The monoisotopic (exact) mass is 297 g/mol. The van der Waals surface area contributed by atoms with Gasteiger partial charge >= 0.3 is 6.09 Å². The molecule has 4 heteroatoms. The van der Waals surface area contributed by atoms with E-state index in [2.05, 4.69) is 27.0 Å². The van der Waals surface area contributed by atoms with Gasteiger partial charge in [-0.25, -0.2) is 4.79 Å². The van der Waals surface area contributed by atoms with E-state index in [1.807, 2.05) is 26.8 Å². The van der Waals surface area contributed by atoms with Crippen molar-refractivity contribution in [2.75, 3.05) is 5.88 Å². The van der Waals surface area contributed by atoms with E-state index in [1.165, 1.54) is 0 Å². The molecule has 1 unspecified atom stereocenters. The number of allylic oxidation sites excluding steroid dienone is 1. The lowest BCUT2D eigenvalue weighted by molar-refractivity contribution is 0.0233. The summed E-state index contributed by atoms with van der Waals surface area (Å²) in [4.78, 5) is 14.2. The average Bonchev–Trinajstić information content (AvgIpc) is 2.59. The summed E-state index contributed by atoms with van der Waals surface area (Å²) in [6.07, 6.45) is 3.38. The van der Waals surface area contributed by atoms with E-state index < -0.39 is 5.60 Å². The standard InChI is InChI=1S/C16H27NO2S/c1-8-9-10-12(2)13-16(6,7)20-11-17(13)14(18)19-15(3,4)5/h8,13H,1-2,9-11H2,3-7H3. The average molecular weight is 297 g/mol. The molecule has 1 fully saturated rings. The Labute approximate surface area is 127 Å². The summed E-state index contributed by atoms with van der Waals surface area (Å²) in [5.41, 5.74) is 0.604. The largest absolute Gasteiger partial charge is 0.444 e. The van der Waals surface area contributed by atoms with Crippen LogP contribution in [0.2, 0.25) is 0 Å². The number of carbonyl (C=O) groups excluding carboxylic acids is 1. The SMILES string of the molecule is C=CCCC(=C)C1N(C(=O)OC(C)(C)C)CSC1(C)C. The summed E-state index contributed by atoms with van der Waals surface area (Å²) in [5, 5.41) is 0. The van der Waals surface area contributed by atoms with Crippen molar-refractivity contribution in [2.24, 2.45) is 0 Å². The Hall–Kier alpha value is -0.900. The molecule has 20 heavy (non-hydrogen) atoms. The summed E-state index contributed by atoms with van der Waals surface area (Å²) < 4.78 is 5.48. The minimum absolute atomic E-state index is 0.0160. The highest BCUT2D eigenvalue weighted by Crippen LogP contribution is 2.43. The Balaban J connectivity index is 2.87. The Morgan fingerprint density at radius 1 is 1.50 bits per heavy atom. The molecule has 0 N–H and O–H groups in total. The van der Waals surface area contributed by atoms with Crippen LogP contribution in [0.4, 0.5) is 4.79 Å². The predicted octanol–water partition coefficient (Wildman–Crippen LogP) is 4.60. The highest BCUT2D eigenvalue weighted by Gasteiger charge is 2.45. The van der Waals surface area contributed by atoms with Crippen molar-refractivity contribution >= 4 is 17.9 Å². The molecule has 1 aliphatic heterocycles. The summed E-state index contributed by atoms with van der Waals surface area (Å²) >= 11 is 1.77. The Bertz CT molecular complexity index is 396. The normalized spacial score (nSPS) is 21.6. The van der Waals surface area contributed by atoms with Crippen LogP contribution in [-0.4, -0.2) is 33.3 Å². The number of ether oxygens (including phenoxy) is 1. The third-order valence-electron chi connectivity index (χ3n) is 3.23. The first-order valence-electron chi connectivity index (χ1n) is 7.00. The molecule has 1 atom stereocenters. The fourth-order valence-corrected chi connectivity index (χ4v) is 3.56. The molecular formula is C16H27NO2S. The van der Waals surface area contributed by atoms with Crippen molar-refractivity contribution < 1.29 is 9.53 Å². The van der Waals surface area contributed by atoms with Crippen LogP contribution in [0.25, 0.3) is 0 Å². The molecule has 0 bridgehead atoms. The van der Waals surface area contributed by atoms with Crippen LogP contribution in [0.5, 0.6) is 0 Å². The Kier molecular flexibility index (Phi) is 5.36. The Morgan fingerprint density at radius 3 is 2.60 bits per heavy atom. The smallest absolute Gasteiger partial charge is 0.411 e. The topological polar surface area (TPSA) is 29.5 Å². The second kappa shape index (κ2) is 6.25. The maximum Gasteiger partial charge on any atom is 0.411 e. The van der Waals surface area contributed by atoms with E-state index in [1.54, 1.807) is 16.7 Å². The zero-order valence-corrected chi connectivity index (χ0v) is 14.2. The minimum Gasteiger partial charge on any atom is -0.444 e. The first-order valence-corrected chi connectivity index (χ1v) is 7.99. The molecule has 0 radical (unpaired) electrons. The number of rotatable bonds is 4. The Morgan fingerprint density at radius 2 is 2.10 bits per heavy atom. The molecule has 1 heterocycles. The van der Waals surface area contributed by atoms with E-state index >= 15 is 0 Å². The van der Waals surface area contributed by atoms with Gasteiger partial charge in [-0.3, -0.25) is 4.90 Å². The van der Waals surface area contributed by atoms with Gasteiger partial charge < -0.3 is 4.74 Å². The second-order valence-corrected chi connectivity index (χ2v) is 8.31. The molecule has 1 saturated heterocycles. The third kappa shape index (κ3) is 4.30. The van der Waals surface area contributed by atoms with Gasteiger partial charge in [0.2, 0.25) is 0 Å². The van der Waals surface area contributed by atoms with Crippen LogP contribution in [0.15, 0.2) is 24.8 Å². The van der Waals surface area contributed by atoms with Gasteiger partial charge in [0.05, 0.1) is 11.9 Å². The molecule has 1 rings (SSSR count). The van der Waals surface area contributed by atoms with Crippen molar-refractivity contribution in [1.29, 1.82) is 0 Å². The first kappa shape index (κ1) is 17.2. The van der Waals surface area contributed by atoms with Gasteiger partial charge in [-0.2, -0.15) is 0 Å². The second-order valence-electron chi connectivity index (χ2n) is 6.72. The first-order chi connectivity index (χ1) is 9.08. The lowest BCUT2D eigenvalue weighted by Crippen LogP contribution is -2.46. The van der Waals surface area contributed by atoms with Crippen LogP contribution in [0.3, 0.4) is 0 Å². The van der Waals surface area contributed by atoms with Gasteiger partial charge in [-0.05, 0) is 47.5 Å². The lowest BCUT2D eigenvalue weighted by atomic mass is 9.92. The fraction of sp³-hybridized carbons (Fsp3) is 0.688. The highest BCUT2D eigenvalue weighted by atomic mass is 32.2. The maximum absolute atomic E-state index is 12.4. The molecule has 3 nitrogen and oxygen atoms in total. The molecule has 0 aromatic carbocycles. The van der Waals surface area contributed by atoms with E-state index in [9.17, 15) is 4.79 Å². The zero-order chi connectivity index (χ0) is 15.6. The van der Waals surface area contributed by atoms with Gasteiger partial charge in [0, 0.05) is 4.75 Å². The van der Waals surface area contributed by atoms with Crippen molar-refractivity contribution in [3.05, 3.63) is 24.8 Å². The van der Waals surface area contributed by atoms with Gasteiger partial charge in [0.15, 0.2) is 0 Å². The summed E-state index contributed by atoms with van der Waals surface area (Å²) in [6.45, 7) is 17.9. The number of thioether (sulfide) groups is 1. The molecule has 0 aromatic heterocycles. The predicted molar refractivity (Wildman–Crippen MR) is 87.0 cm³/mol. The van der Waals surface area contributed by atoms with E-state index in [0.29, 0.717) is 5.88 Å².